The fourth-order valence-electron chi connectivity index (χ4n) is 2.39. The van der Waals surface area contributed by atoms with Gasteiger partial charge in [0, 0.05) is 44.6 Å². The number of nitrogens with one attached hydrogen (secondary N) is 1. The molecule has 0 radical (unpaired) electrons. The average molecular weight is 303 g/mol. The lowest BCUT2D eigenvalue weighted by atomic mass is 10.3. The first-order valence-corrected chi connectivity index (χ1v) is 7.48. The second-order valence-corrected chi connectivity index (χ2v) is 5.15. The van der Waals surface area contributed by atoms with Crippen molar-refractivity contribution in [2.75, 3.05) is 48.8 Å². The Labute approximate surface area is 129 Å². The highest BCUT2D eigenvalue weighted by Crippen LogP contribution is 2.18. The standard InChI is InChI=1S/C14H21N7O/c15-14-18-12(17-2-1-4-20-5-3-16-11-20)10-13(19-14)21-6-8-22-9-7-21/h3,5,10-11H,1-2,4,6-9H2,(H3,15,17,18,19). The minimum absolute atomic E-state index is 0.293. The van der Waals surface area contributed by atoms with E-state index in [1.807, 2.05) is 18.6 Å². The van der Waals surface area contributed by atoms with Crippen LogP contribution in [0.1, 0.15) is 6.42 Å². The van der Waals surface area contributed by atoms with Crippen LogP contribution in [0.25, 0.3) is 0 Å². The second kappa shape index (κ2) is 7.08. The van der Waals surface area contributed by atoms with Gasteiger partial charge in [-0.25, -0.2) is 4.98 Å². The van der Waals surface area contributed by atoms with E-state index in [1.54, 1.807) is 6.20 Å². The van der Waals surface area contributed by atoms with Crippen LogP contribution in [-0.4, -0.2) is 52.4 Å². The van der Waals surface area contributed by atoms with Gasteiger partial charge < -0.3 is 25.3 Å². The number of ether oxygens (including phenoxy) is 1. The molecule has 0 saturated carbocycles. The van der Waals surface area contributed by atoms with Crippen molar-refractivity contribution in [2.24, 2.45) is 0 Å². The van der Waals surface area contributed by atoms with E-state index in [2.05, 4.69) is 29.7 Å². The average Bonchev–Trinajstić information content (AvgIpc) is 3.05. The molecule has 3 heterocycles. The zero-order valence-corrected chi connectivity index (χ0v) is 12.5. The maximum atomic E-state index is 5.81. The van der Waals surface area contributed by atoms with Crippen LogP contribution in [0.2, 0.25) is 0 Å². The summed E-state index contributed by atoms with van der Waals surface area (Å²) in [5, 5.41) is 3.30. The molecule has 0 aromatic carbocycles. The number of anilines is 3. The van der Waals surface area contributed by atoms with Gasteiger partial charge in [0.2, 0.25) is 5.95 Å². The van der Waals surface area contributed by atoms with E-state index in [9.17, 15) is 0 Å². The lowest BCUT2D eigenvalue weighted by molar-refractivity contribution is 0.122. The molecule has 3 rings (SSSR count). The number of imidazole rings is 1. The molecule has 0 amide bonds. The highest BCUT2D eigenvalue weighted by atomic mass is 16.5. The summed E-state index contributed by atoms with van der Waals surface area (Å²) in [5.41, 5.74) is 5.81. The molecule has 2 aromatic heterocycles. The molecule has 0 aliphatic carbocycles. The number of hydrogen-bond acceptors (Lipinski definition) is 7. The molecule has 0 bridgehead atoms. The summed E-state index contributed by atoms with van der Waals surface area (Å²) in [4.78, 5) is 14.7. The van der Waals surface area contributed by atoms with Crippen molar-refractivity contribution in [2.45, 2.75) is 13.0 Å². The molecule has 3 N–H and O–H groups in total. The third-order valence-electron chi connectivity index (χ3n) is 3.52. The fraction of sp³-hybridized carbons (Fsp3) is 0.500. The molecular formula is C14H21N7O. The number of aryl methyl sites for hydroxylation is 1. The van der Waals surface area contributed by atoms with Gasteiger partial charge in [0.05, 0.1) is 19.5 Å². The summed E-state index contributed by atoms with van der Waals surface area (Å²) >= 11 is 0. The highest BCUT2D eigenvalue weighted by molar-refractivity contribution is 5.52. The monoisotopic (exact) mass is 303 g/mol. The quantitative estimate of drug-likeness (QED) is 0.754. The first kappa shape index (κ1) is 14.6. The predicted octanol–water partition coefficient (Wildman–Crippen LogP) is 0.594. The summed E-state index contributed by atoms with van der Waals surface area (Å²) in [7, 11) is 0. The van der Waals surface area contributed by atoms with Crippen LogP contribution in [0.5, 0.6) is 0 Å². The van der Waals surface area contributed by atoms with E-state index in [-0.39, 0.29) is 0 Å². The highest BCUT2D eigenvalue weighted by Gasteiger charge is 2.14. The van der Waals surface area contributed by atoms with Crippen molar-refractivity contribution in [3.63, 3.8) is 0 Å². The summed E-state index contributed by atoms with van der Waals surface area (Å²) < 4.78 is 7.41. The fourth-order valence-corrected chi connectivity index (χ4v) is 2.39. The lowest BCUT2D eigenvalue weighted by Gasteiger charge is -2.28. The van der Waals surface area contributed by atoms with Crippen molar-refractivity contribution in [1.29, 1.82) is 0 Å². The summed E-state index contributed by atoms with van der Waals surface area (Å²) in [6.45, 7) is 4.84. The number of morpholine rings is 1. The van der Waals surface area contributed by atoms with Gasteiger partial charge in [-0.05, 0) is 6.42 Å². The van der Waals surface area contributed by atoms with Gasteiger partial charge in [-0.2, -0.15) is 9.97 Å². The maximum absolute atomic E-state index is 5.81. The van der Waals surface area contributed by atoms with E-state index < -0.39 is 0 Å². The van der Waals surface area contributed by atoms with Crippen LogP contribution in [-0.2, 0) is 11.3 Å². The number of nitrogens with two attached hydrogens (primary N) is 1. The van der Waals surface area contributed by atoms with Gasteiger partial charge in [0.25, 0.3) is 0 Å². The summed E-state index contributed by atoms with van der Waals surface area (Å²) in [6, 6.07) is 1.94. The van der Waals surface area contributed by atoms with Crippen LogP contribution in [0.4, 0.5) is 17.6 Å². The Morgan fingerprint density at radius 2 is 2.14 bits per heavy atom. The first-order valence-electron chi connectivity index (χ1n) is 7.48. The third kappa shape index (κ3) is 3.85. The number of nitrogens with zero attached hydrogens (tertiary/aromatic N) is 5. The van der Waals surface area contributed by atoms with E-state index in [1.165, 1.54) is 0 Å². The van der Waals surface area contributed by atoms with Crippen molar-refractivity contribution >= 4 is 17.6 Å². The molecule has 0 spiro atoms. The largest absolute Gasteiger partial charge is 0.378 e. The Morgan fingerprint density at radius 3 is 2.91 bits per heavy atom. The Hall–Kier alpha value is -2.35. The number of hydrogen-bond donors (Lipinski definition) is 2. The Morgan fingerprint density at radius 1 is 1.27 bits per heavy atom. The molecule has 1 saturated heterocycles. The lowest BCUT2D eigenvalue weighted by Crippen LogP contribution is -2.37. The Bertz CT molecular complexity index is 581. The number of aromatic nitrogens is 4. The molecular weight excluding hydrogens is 282 g/mol. The van der Waals surface area contributed by atoms with E-state index >= 15 is 0 Å². The van der Waals surface area contributed by atoms with Gasteiger partial charge in [-0.15, -0.1) is 0 Å². The number of rotatable bonds is 6. The molecule has 1 fully saturated rings. The molecule has 118 valence electrons. The zero-order valence-electron chi connectivity index (χ0n) is 12.5. The smallest absolute Gasteiger partial charge is 0.223 e. The van der Waals surface area contributed by atoms with Gasteiger partial charge in [-0.3, -0.25) is 0 Å². The SMILES string of the molecule is Nc1nc(NCCCn2ccnc2)cc(N2CCOCC2)n1. The molecule has 8 nitrogen and oxygen atoms in total. The molecule has 1 aliphatic rings. The maximum Gasteiger partial charge on any atom is 0.223 e. The molecule has 0 atom stereocenters. The van der Waals surface area contributed by atoms with Gasteiger partial charge in [0.15, 0.2) is 0 Å². The molecule has 8 heteroatoms. The van der Waals surface area contributed by atoms with Crippen molar-refractivity contribution < 1.29 is 4.74 Å². The topological polar surface area (TPSA) is 94.1 Å². The van der Waals surface area contributed by atoms with E-state index in [0.29, 0.717) is 5.95 Å². The number of nitrogen functional groups attached to an aromatic ring is 1. The minimum atomic E-state index is 0.293. The van der Waals surface area contributed by atoms with Crippen molar-refractivity contribution in [3.8, 4) is 0 Å². The van der Waals surface area contributed by atoms with Gasteiger partial charge >= 0.3 is 0 Å². The second-order valence-electron chi connectivity index (χ2n) is 5.15. The molecule has 2 aromatic rings. The van der Waals surface area contributed by atoms with Crippen molar-refractivity contribution in [3.05, 3.63) is 24.8 Å². The minimum Gasteiger partial charge on any atom is -0.378 e. The van der Waals surface area contributed by atoms with Crippen LogP contribution in [0, 0.1) is 0 Å². The molecule has 1 aliphatic heterocycles. The zero-order chi connectivity index (χ0) is 15.2. The third-order valence-corrected chi connectivity index (χ3v) is 3.52. The van der Waals surface area contributed by atoms with Crippen LogP contribution < -0.4 is 16.0 Å². The normalized spacial score (nSPS) is 15.0. The molecule has 22 heavy (non-hydrogen) atoms. The molecule has 0 unspecified atom stereocenters. The van der Waals surface area contributed by atoms with Crippen LogP contribution >= 0.6 is 0 Å². The van der Waals surface area contributed by atoms with E-state index in [4.69, 9.17) is 10.5 Å². The van der Waals surface area contributed by atoms with Crippen LogP contribution in [0.3, 0.4) is 0 Å². The van der Waals surface area contributed by atoms with Gasteiger partial charge in [-0.1, -0.05) is 0 Å². The first-order chi connectivity index (χ1) is 10.8. The Kier molecular flexibility index (Phi) is 4.69. The van der Waals surface area contributed by atoms with Crippen molar-refractivity contribution in [1.82, 2.24) is 19.5 Å². The van der Waals surface area contributed by atoms with E-state index in [0.717, 1.165) is 57.4 Å². The van der Waals surface area contributed by atoms with Gasteiger partial charge in [0.1, 0.15) is 11.6 Å². The Balaban J connectivity index is 1.55. The summed E-state index contributed by atoms with van der Waals surface area (Å²) in [5.74, 6) is 1.91. The summed E-state index contributed by atoms with van der Waals surface area (Å²) in [6.07, 6.45) is 6.54. The predicted molar refractivity (Wildman–Crippen MR) is 84.8 cm³/mol. The van der Waals surface area contributed by atoms with Crippen LogP contribution in [0.15, 0.2) is 24.8 Å².